The van der Waals surface area contributed by atoms with Crippen molar-refractivity contribution in [1.82, 2.24) is 4.31 Å². The molecule has 1 aromatic rings. The fourth-order valence-corrected chi connectivity index (χ4v) is 5.31. The van der Waals surface area contributed by atoms with Crippen molar-refractivity contribution in [2.24, 2.45) is 5.92 Å². The van der Waals surface area contributed by atoms with Gasteiger partial charge in [-0.05, 0) is 49.9 Å². The van der Waals surface area contributed by atoms with E-state index in [2.05, 4.69) is 0 Å². The lowest BCUT2D eigenvalue weighted by Gasteiger charge is -2.27. The van der Waals surface area contributed by atoms with Gasteiger partial charge >= 0.3 is 0 Å². The summed E-state index contributed by atoms with van der Waals surface area (Å²) in [5, 5.41) is 0.512. The average molecular weight is 328 g/mol. The minimum Gasteiger partial charge on any atom is -0.299 e. The third-order valence-electron chi connectivity index (χ3n) is 4.48. The number of hydrogen-bond acceptors (Lipinski definition) is 3. The number of ketones is 1. The van der Waals surface area contributed by atoms with Crippen molar-refractivity contribution in [3.05, 3.63) is 29.3 Å². The Labute approximate surface area is 130 Å². The topological polar surface area (TPSA) is 54.5 Å². The van der Waals surface area contributed by atoms with Crippen LogP contribution in [0.3, 0.4) is 0 Å². The highest BCUT2D eigenvalue weighted by molar-refractivity contribution is 7.89. The average Bonchev–Trinajstić information content (AvgIpc) is 3.07. The maximum atomic E-state index is 12.8. The Balaban J connectivity index is 1.90. The van der Waals surface area contributed by atoms with Crippen LogP contribution in [0.1, 0.15) is 32.1 Å². The van der Waals surface area contributed by atoms with E-state index in [1.54, 1.807) is 12.1 Å². The Morgan fingerprint density at radius 2 is 1.81 bits per heavy atom. The van der Waals surface area contributed by atoms with Crippen LogP contribution in [0.15, 0.2) is 29.2 Å². The molecule has 1 aliphatic carbocycles. The van der Waals surface area contributed by atoms with Crippen molar-refractivity contribution in [2.75, 3.05) is 6.54 Å². The minimum atomic E-state index is -3.54. The van der Waals surface area contributed by atoms with Crippen LogP contribution in [0.25, 0.3) is 0 Å². The molecule has 2 atom stereocenters. The zero-order valence-electron chi connectivity index (χ0n) is 11.7. The van der Waals surface area contributed by atoms with Crippen molar-refractivity contribution in [1.29, 1.82) is 0 Å². The second-order valence-corrected chi connectivity index (χ2v) is 8.07. The van der Waals surface area contributed by atoms with Gasteiger partial charge in [0, 0.05) is 29.9 Å². The molecule has 0 aromatic heterocycles. The first-order valence-electron chi connectivity index (χ1n) is 7.30. The number of halogens is 1. The molecule has 1 aliphatic heterocycles. The summed E-state index contributed by atoms with van der Waals surface area (Å²) >= 11 is 5.82. The molecular formula is C15H18ClNO3S. The number of rotatable bonds is 3. The van der Waals surface area contributed by atoms with Crippen LogP contribution in [0.5, 0.6) is 0 Å². The Morgan fingerprint density at radius 3 is 2.43 bits per heavy atom. The summed E-state index contributed by atoms with van der Waals surface area (Å²) in [5.74, 6) is 0.104. The molecule has 1 heterocycles. The summed E-state index contributed by atoms with van der Waals surface area (Å²) in [5.41, 5.74) is 0. The monoisotopic (exact) mass is 327 g/mol. The number of nitrogens with zero attached hydrogens (tertiary/aromatic N) is 1. The van der Waals surface area contributed by atoms with E-state index in [0.717, 1.165) is 25.7 Å². The smallest absolute Gasteiger partial charge is 0.243 e. The molecule has 1 saturated heterocycles. The van der Waals surface area contributed by atoms with Gasteiger partial charge in [-0.1, -0.05) is 11.6 Å². The van der Waals surface area contributed by atoms with Crippen LogP contribution in [0.2, 0.25) is 5.02 Å². The predicted molar refractivity (Wildman–Crippen MR) is 80.7 cm³/mol. The normalized spacial score (nSPS) is 27.4. The lowest BCUT2D eigenvalue weighted by atomic mass is 9.96. The van der Waals surface area contributed by atoms with Gasteiger partial charge in [0.15, 0.2) is 0 Å². The molecule has 0 N–H and O–H groups in total. The maximum Gasteiger partial charge on any atom is 0.243 e. The highest BCUT2D eigenvalue weighted by Crippen LogP contribution is 2.36. The van der Waals surface area contributed by atoms with Crippen molar-refractivity contribution in [3.63, 3.8) is 0 Å². The zero-order chi connectivity index (χ0) is 15.0. The van der Waals surface area contributed by atoms with E-state index in [-0.39, 0.29) is 22.6 Å². The van der Waals surface area contributed by atoms with Crippen LogP contribution in [-0.4, -0.2) is 31.1 Å². The van der Waals surface area contributed by atoms with E-state index in [4.69, 9.17) is 11.6 Å². The largest absolute Gasteiger partial charge is 0.299 e. The molecule has 1 saturated carbocycles. The van der Waals surface area contributed by atoms with E-state index in [0.29, 0.717) is 18.0 Å². The number of Topliss-reactive ketones (excluding diaryl/α,β-unsaturated/α-hetero) is 1. The lowest BCUT2D eigenvalue weighted by molar-refractivity contribution is -0.121. The fraction of sp³-hybridized carbons (Fsp3) is 0.533. The highest BCUT2D eigenvalue weighted by Gasteiger charge is 2.43. The van der Waals surface area contributed by atoms with Crippen LogP contribution >= 0.6 is 11.6 Å². The van der Waals surface area contributed by atoms with Crippen molar-refractivity contribution < 1.29 is 13.2 Å². The molecule has 4 nitrogen and oxygen atoms in total. The molecule has 2 unspecified atom stereocenters. The summed E-state index contributed by atoms with van der Waals surface area (Å²) in [6, 6.07) is 6.06. The van der Waals surface area contributed by atoms with Crippen molar-refractivity contribution in [3.8, 4) is 0 Å². The molecule has 0 amide bonds. The number of carbonyl (C=O) groups is 1. The van der Waals surface area contributed by atoms with Gasteiger partial charge in [0.25, 0.3) is 0 Å². The van der Waals surface area contributed by atoms with Gasteiger partial charge < -0.3 is 0 Å². The molecule has 3 rings (SSSR count). The Kier molecular flexibility index (Phi) is 4.08. The Bertz CT molecular complexity index is 641. The van der Waals surface area contributed by atoms with E-state index in [1.165, 1.54) is 16.4 Å². The molecular weight excluding hydrogens is 310 g/mol. The maximum absolute atomic E-state index is 12.8. The van der Waals surface area contributed by atoms with Gasteiger partial charge in [0.2, 0.25) is 10.0 Å². The molecule has 21 heavy (non-hydrogen) atoms. The minimum absolute atomic E-state index is 0.116. The van der Waals surface area contributed by atoms with Crippen molar-refractivity contribution >= 4 is 27.4 Å². The van der Waals surface area contributed by atoms with E-state index in [1.807, 2.05) is 0 Å². The lowest BCUT2D eigenvalue weighted by Crippen LogP contribution is -2.41. The molecule has 0 bridgehead atoms. The van der Waals surface area contributed by atoms with E-state index >= 15 is 0 Å². The van der Waals surface area contributed by atoms with Crippen LogP contribution in [0.4, 0.5) is 0 Å². The SMILES string of the molecule is O=C1CCCC1C1CCCN1S(=O)(=O)c1ccc(Cl)cc1. The summed E-state index contributed by atoms with van der Waals surface area (Å²) in [7, 11) is -3.54. The van der Waals surface area contributed by atoms with Gasteiger partial charge in [-0.25, -0.2) is 8.42 Å². The Morgan fingerprint density at radius 1 is 1.10 bits per heavy atom. The summed E-state index contributed by atoms with van der Waals surface area (Å²) < 4.78 is 27.1. The molecule has 1 aromatic carbocycles. The van der Waals surface area contributed by atoms with Crippen LogP contribution in [0, 0.1) is 5.92 Å². The quantitative estimate of drug-likeness (QED) is 0.857. The van der Waals surface area contributed by atoms with E-state index in [9.17, 15) is 13.2 Å². The standard InChI is InChI=1S/C15H18ClNO3S/c16-11-6-8-12(9-7-11)21(19,20)17-10-2-4-14(17)13-3-1-5-15(13)18/h6-9,13-14H,1-5,10H2. The number of sulfonamides is 1. The molecule has 0 spiro atoms. The fourth-order valence-electron chi connectivity index (χ4n) is 3.46. The second-order valence-electron chi connectivity index (χ2n) is 5.74. The number of carbonyl (C=O) groups excluding carboxylic acids is 1. The first-order valence-corrected chi connectivity index (χ1v) is 9.12. The van der Waals surface area contributed by atoms with Gasteiger partial charge in [-0.2, -0.15) is 4.31 Å². The first-order chi connectivity index (χ1) is 10.00. The van der Waals surface area contributed by atoms with Gasteiger partial charge in [0.05, 0.1) is 4.90 Å². The van der Waals surface area contributed by atoms with Gasteiger partial charge in [0.1, 0.15) is 5.78 Å². The number of benzene rings is 1. The molecule has 2 aliphatic rings. The summed E-state index contributed by atoms with van der Waals surface area (Å²) in [4.78, 5) is 12.2. The van der Waals surface area contributed by atoms with Gasteiger partial charge in [-0.15, -0.1) is 0 Å². The van der Waals surface area contributed by atoms with Crippen molar-refractivity contribution in [2.45, 2.75) is 43.0 Å². The Hall–Kier alpha value is -0.910. The molecule has 2 fully saturated rings. The second kappa shape index (κ2) is 5.71. The molecule has 6 heteroatoms. The highest BCUT2D eigenvalue weighted by atomic mass is 35.5. The number of hydrogen-bond donors (Lipinski definition) is 0. The first kappa shape index (κ1) is 15.0. The summed E-state index contributed by atoms with van der Waals surface area (Å²) in [6.45, 7) is 0.499. The zero-order valence-corrected chi connectivity index (χ0v) is 13.2. The van der Waals surface area contributed by atoms with E-state index < -0.39 is 10.0 Å². The summed E-state index contributed by atoms with van der Waals surface area (Å²) in [6.07, 6.45) is 3.89. The third-order valence-corrected chi connectivity index (χ3v) is 6.68. The molecule has 0 radical (unpaired) electrons. The van der Waals surface area contributed by atoms with Crippen LogP contribution in [-0.2, 0) is 14.8 Å². The third kappa shape index (κ3) is 2.74. The predicted octanol–water partition coefficient (Wildman–Crippen LogP) is 2.86. The molecule has 114 valence electrons. The van der Waals surface area contributed by atoms with Crippen LogP contribution < -0.4 is 0 Å². The van der Waals surface area contributed by atoms with Gasteiger partial charge in [-0.3, -0.25) is 4.79 Å².